The van der Waals surface area contributed by atoms with Gasteiger partial charge < -0.3 is 15.4 Å². The van der Waals surface area contributed by atoms with Crippen LogP contribution in [0.1, 0.15) is 12.0 Å². The lowest BCUT2D eigenvalue weighted by molar-refractivity contribution is -0.124. The van der Waals surface area contributed by atoms with Gasteiger partial charge in [0.25, 0.3) is 0 Å². The van der Waals surface area contributed by atoms with E-state index >= 15 is 0 Å². The molecular formula is C14H19ClN2O2. The molecule has 5 heteroatoms. The molecule has 4 nitrogen and oxygen atoms in total. The van der Waals surface area contributed by atoms with Crippen molar-refractivity contribution in [2.75, 3.05) is 26.2 Å². The first-order valence-electron chi connectivity index (χ1n) is 6.57. The fourth-order valence-electron chi connectivity index (χ4n) is 2.03. The number of hydrogen-bond donors (Lipinski definition) is 2. The summed E-state index contributed by atoms with van der Waals surface area (Å²) in [7, 11) is 0. The zero-order valence-electron chi connectivity index (χ0n) is 10.8. The van der Waals surface area contributed by atoms with Crippen LogP contribution in [0.3, 0.4) is 0 Å². The van der Waals surface area contributed by atoms with Crippen LogP contribution in [-0.2, 0) is 16.0 Å². The highest BCUT2D eigenvalue weighted by atomic mass is 35.5. The maximum atomic E-state index is 11.7. The summed E-state index contributed by atoms with van der Waals surface area (Å²) >= 11 is 5.82. The smallest absolute Gasteiger partial charge is 0.222 e. The van der Waals surface area contributed by atoms with Crippen molar-refractivity contribution < 1.29 is 9.53 Å². The SMILES string of the molecule is O=C(CC1CNCCO1)NCCc1ccc(Cl)cc1. The topological polar surface area (TPSA) is 50.4 Å². The predicted octanol–water partition coefficient (Wildman–Crippen LogP) is 1.38. The summed E-state index contributed by atoms with van der Waals surface area (Å²) in [6.45, 7) is 2.95. The van der Waals surface area contributed by atoms with Gasteiger partial charge in [0.15, 0.2) is 0 Å². The molecule has 0 radical (unpaired) electrons. The largest absolute Gasteiger partial charge is 0.375 e. The van der Waals surface area contributed by atoms with E-state index in [0.29, 0.717) is 19.6 Å². The number of amides is 1. The number of halogens is 1. The monoisotopic (exact) mass is 282 g/mol. The van der Waals surface area contributed by atoms with E-state index in [1.807, 2.05) is 24.3 Å². The highest BCUT2D eigenvalue weighted by Gasteiger charge is 2.16. The van der Waals surface area contributed by atoms with Gasteiger partial charge in [-0.3, -0.25) is 4.79 Å². The lowest BCUT2D eigenvalue weighted by Gasteiger charge is -2.23. The summed E-state index contributed by atoms with van der Waals surface area (Å²) in [6.07, 6.45) is 1.24. The van der Waals surface area contributed by atoms with E-state index in [1.165, 1.54) is 5.56 Å². The molecule has 104 valence electrons. The molecular weight excluding hydrogens is 264 g/mol. The zero-order valence-corrected chi connectivity index (χ0v) is 11.6. The van der Waals surface area contributed by atoms with Crippen LogP contribution < -0.4 is 10.6 Å². The third kappa shape index (κ3) is 5.19. The molecule has 1 aromatic carbocycles. The Kier molecular flexibility index (Phi) is 5.63. The van der Waals surface area contributed by atoms with E-state index in [0.717, 1.165) is 24.5 Å². The van der Waals surface area contributed by atoms with Crippen molar-refractivity contribution in [2.45, 2.75) is 18.9 Å². The maximum Gasteiger partial charge on any atom is 0.222 e. The number of carbonyl (C=O) groups excluding carboxylic acids is 1. The molecule has 2 rings (SSSR count). The Labute approximate surface area is 118 Å². The fraction of sp³-hybridized carbons (Fsp3) is 0.500. The minimum atomic E-state index is 0.00396. The van der Waals surface area contributed by atoms with Gasteiger partial charge in [0.05, 0.1) is 19.1 Å². The third-order valence-electron chi connectivity index (χ3n) is 3.07. The number of nitrogens with one attached hydrogen (secondary N) is 2. The van der Waals surface area contributed by atoms with Crippen molar-refractivity contribution in [1.29, 1.82) is 0 Å². The molecule has 0 aliphatic carbocycles. The first kappa shape index (κ1) is 14.3. The lowest BCUT2D eigenvalue weighted by Crippen LogP contribution is -2.41. The molecule has 0 spiro atoms. The molecule has 0 saturated carbocycles. The van der Waals surface area contributed by atoms with Crippen molar-refractivity contribution in [2.24, 2.45) is 0 Å². The van der Waals surface area contributed by atoms with Gasteiger partial charge in [-0.05, 0) is 24.1 Å². The maximum absolute atomic E-state index is 11.7. The molecule has 1 aliphatic heterocycles. The van der Waals surface area contributed by atoms with E-state index in [2.05, 4.69) is 10.6 Å². The highest BCUT2D eigenvalue weighted by Crippen LogP contribution is 2.09. The normalized spacial score (nSPS) is 19.1. The van der Waals surface area contributed by atoms with Crippen molar-refractivity contribution >= 4 is 17.5 Å². The molecule has 1 unspecified atom stereocenters. The van der Waals surface area contributed by atoms with Crippen LogP contribution in [0.4, 0.5) is 0 Å². The lowest BCUT2D eigenvalue weighted by atomic mass is 10.1. The van der Waals surface area contributed by atoms with Crippen LogP contribution in [0.2, 0.25) is 5.02 Å². The molecule has 1 aliphatic rings. The van der Waals surface area contributed by atoms with Crippen molar-refractivity contribution in [3.8, 4) is 0 Å². The van der Waals surface area contributed by atoms with Gasteiger partial charge in [0, 0.05) is 24.7 Å². The van der Waals surface area contributed by atoms with Gasteiger partial charge in [-0.25, -0.2) is 0 Å². The van der Waals surface area contributed by atoms with E-state index in [-0.39, 0.29) is 12.0 Å². The first-order chi connectivity index (χ1) is 9.24. The highest BCUT2D eigenvalue weighted by molar-refractivity contribution is 6.30. The van der Waals surface area contributed by atoms with Crippen molar-refractivity contribution in [1.82, 2.24) is 10.6 Å². The number of ether oxygens (including phenoxy) is 1. The molecule has 1 fully saturated rings. The van der Waals surface area contributed by atoms with Crippen molar-refractivity contribution in [3.05, 3.63) is 34.9 Å². The molecule has 1 saturated heterocycles. The Morgan fingerprint density at radius 2 is 2.21 bits per heavy atom. The van der Waals surface area contributed by atoms with Crippen LogP contribution in [0.5, 0.6) is 0 Å². The Morgan fingerprint density at radius 3 is 2.89 bits per heavy atom. The molecule has 2 N–H and O–H groups in total. The molecule has 0 aromatic heterocycles. The molecule has 1 amide bonds. The average molecular weight is 283 g/mol. The van der Waals surface area contributed by atoms with Gasteiger partial charge in [0.2, 0.25) is 5.91 Å². The number of benzene rings is 1. The number of rotatable bonds is 5. The summed E-state index contributed by atoms with van der Waals surface area (Å²) in [5.41, 5.74) is 1.17. The summed E-state index contributed by atoms with van der Waals surface area (Å²) in [4.78, 5) is 11.7. The number of morpholine rings is 1. The second kappa shape index (κ2) is 7.48. The van der Waals surface area contributed by atoms with Crippen LogP contribution in [0.25, 0.3) is 0 Å². The van der Waals surface area contributed by atoms with Gasteiger partial charge >= 0.3 is 0 Å². The van der Waals surface area contributed by atoms with Crippen LogP contribution >= 0.6 is 11.6 Å². The van der Waals surface area contributed by atoms with Crippen LogP contribution in [0, 0.1) is 0 Å². The predicted molar refractivity (Wildman–Crippen MR) is 75.4 cm³/mol. The van der Waals surface area contributed by atoms with Gasteiger partial charge in [0.1, 0.15) is 0 Å². The second-order valence-corrected chi connectivity index (χ2v) is 5.06. The Morgan fingerprint density at radius 1 is 1.42 bits per heavy atom. The van der Waals surface area contributed by atoms with Gasteiger partial charge in [-0.1, -0.05) is 23.7 Å². The molecule has 1 atom stereocenters. The summed E-state index contributed by atoms with van der Waals surface area (Å²) < 4.78 is 5.49. The summed E-state index contributed by atoms with van der Waals surface area (Å²) in [5, 5.41) is 6.85. The molecule has 1 heterocycles. The van der Waals surface area contributed by atoms with E-state index in [1.54, 1.807) is 0 Å². The fourth-order valence-corrected chi connectivity index (χ4v) is 2.15. The minimum Gasteiger partial charge on any atom is -0.375 e. The van der Waals surface area contributed by atoms with E-state index in [9.17, 15) is 4.79 Å². The van der Waals surface area contributed by atoms with Gasteiger partial charge in [-0.2, -0.15) is 0 Å². The third-order valence-corrected chi connectivity index (χ3v) is 3.32. The molecule has 19 heavy (non-hydrogen) atoms. The second-order valence-electron chi connectivity index (χ2n) is 4.63. The Balaban J connectivity index is 1.64. The quantitative estimate of drug-likeness (QED) is 0.858. The van der Waals surface area contributed by atoms with Crippen molar-refractivity contribution in [3.63, 3.8) is 0 Å². The Bertz CT molecular complexity index is 402. The average Bonchev–Trinajstić information content (AvgIpc) is 2.42. The summed E-state index contributed by atoms with van der Waals surface area (Å²) in [5.74, 6) is 0.0441. The van der Waals surface area contributed by atoms with Crippen LogP contribution in [-0.4, -0.2) is 38.3 Å². The molecule has 0 bridgehead atoms. The van der Waals surface area contributed by atoms with Crippen LogP contribution in [0.15, 0.2) is 24.3 Å². The standard InChI is InChI=1S/C14H19ClN2O2/c15-12-3-1-11(2-4-12)5-6-17-14(18)9-13-10-16-7-8-19-13/h1-4,13,16H,5-10H2,(H,17,18). The minimum absolute atomic E-state index is 0.00396. The number of hydrogen-bond acceptors (Lipinski definition) is 3. The first-order valence-corrected chi connectivity index (χ1v) is 6.95. The zero-order chi connectivity index (χ0) is 13.5. The van der Waals surface area contributed by atoms with Gasteiger partial charge in [-0.15, -0.1) is 0 Å². The van der Waals surface area contributed by atoms with E-state index in [4.69, 9.17) is 16.3 Å². The van der Waals surface area contributed by atoms with E-state index < -0.39 is 0 Å². The molecule has 1 aromatic rings. The summed E-state index contributed by atoms with van der Waals surface area (Å²) in [6, 6.07) is 7.67. The number of carbonyl (C=O) groups is 1. The Hall–Kier alpha value is -1.10.